The molecule has 0 aliphatic carbocycles. The highest BCUT2D eigenvalue weighted by molar-refractivity contribution is 6.34. The Hall–Kier alpha value is -1.59. The summed E-state index contributed by atoms with van der Waals surface area (Å²) in [5, 5.41) is 10.5. The summed E-state index contributed by atoms with van der Waals surface area (Å²) in [6.07, 6.45) is 3.45. The molecule has 0 aliphatic rings. The third kappa shape index (κ3) is 1.76. The number of nitrogens with zero attached hydrogens (tertiary/aromatic N) is 1. The number of nitrogens with two attached hydrogens (primary N) is 1. The number of rotatable bonds is 3. The van der Waals surface area contributed by atoms with Crippen LogP contribution in [-0.2, 0) is 6.54 Å². The number of nitrogens with one attached hydrogen (secondary N) is 2. The summed E-state index contributed by atoms with van der Waals surface area (Å²) in [6.45, 7) is 1.91. The van der Waals surface area contributed by atoms with Gasteiger partial charge in [-0.05, 0) is 6.92 Å². The molecule has 0 saturated heterocycles. The first-order valence-corrected chi connectivity index (χ1v) is 5.90. The second kappa shape index (κ2) is 4.96. The number of H-pyrrole nitrogens is 1. The molecule has 0 unspecified atom stereocenters. The molecule has 0 saturated carbocycles. The zero-order valence-electron chi connectivity index (χ0n) is 10.1. The molecule has 0 atom stereocenters. The van der Waals surface area contributed by atoms with E-state index in [9.17, 15) is 4.39 Å². The van der Waals surface area contributed by atoms with Gasteiger partial charge in [0.25, 0.3) is 0 Å². The highest BCUT2D eigenvalue weighted by Gasteiger charge is 2.20. The van der Waals surface area contributed by atoms with Crippen molar-refractivity contribution in [3.63, 3.8) is 0 Å². The molecule has 2 aromatic rings. The second-order valence-electron chi connectivity index (χ2n) is 3.80. The van der Waals surface area contributed by atoms with Gasteiger partial charge in [-0.3, -0.25) is 5.10 Å². The fourth-order valence-corrected chi connectivity index (χ4v) is 2.36. The van der Waals surface area contributed by atoms with Crippen LogP contribution in [0.5, 0.6) is 0 Å². The first-order valence-electron chi connectivity index (χ1n) is 5.53. The molecule has 4 N–H and O–H groups in total. The Balaban J connectivity index is 2.90. The minimum Gasteiger partial charge on any atom is -0.388 e. The van der Waals surface area contributed by atoms with Crippen molar-refractivity contribution >= 4 is 28.2 Å². The van der Waals surface area contributed by atoms with Crippen LogP contribution in [0.1, 0.15) is 18.1 Å². The fourth-order valence-electron chi connectivity index (χ4n) is 2.04. The number of halogens is 2. The average Bonchev–Trinajstić information content (AvgIpc) is 2.84. The van der Waals surface area contributed by atoms with Gasteiger partial charge in [0.2, 0.25) is 0 Å². The van der Waals surface area contributed by atoms with E-state index >= 15 is 0 Å². The molecule has 4 nitrogen and oxygen atoms in total. The molecule has 0 spiro atoms. The molecule has 0 radical (unpaired) electrons. The largest absolute Gasteiger partial charge is 0.388 e. The number of aromatic amines is 1. The highest BCUT2D eigenvalue weighted by atomic mass is 35.5. The van der Waals surface area contributed by atoms with Gasteiger partial charge in [0, 0.05) is 35.8 Å². The van der Waals surface area contributed by atoms with Crippen molar-refractivity contribution in [1.29, 1.82) is 0 Å². The van der Waals surface area contributed by atoms with E-state index < -0.39 is 5.82 Å². The normalized spacial score (nSPS) is 12.2. The first kappa shape index (κ1) is 12.9. The van der Waals surface area contributed by atoms with Gasteiger partial charge in [-0.1, -0.05) is 17.7 Å². The lowest BCUT2D eigenvalue weighted by molar-refractivity contribution is 0.613. The average molecular weight is 269 g/mol. The smallest absolute Gasteiger partial charge is 0.149 e. The van der Waals surface area contributed by atoms with E-state index in [2.05, 4.69) is 15.5 Å². The lowest BCUT2D eigenvalue weighted by Gasteiger charge is -2.13. The van der Waals surface area contributed by atoms with E-state index in [0.29, 0.717) is 16.6 Å². The van der Waals surface area contributed by atoms with Crippen molar-refractivity contribution in [1.82, 2.24) is 15.5 Å². The Kier molecular flexibility index (Phi) is 3.54. The van der Waals surface area contributed by atoms with E-state index in [-0.39, 0.29) is 11.6 Å². The summed E-state index contributed by atoms with van der Waals surface area (Å²) in [5.74, 6) is -0.500. The Morgan fingerprint density at radius 2 is 2.39 bits per heavy atom. The van der Waals surface area contributed by atoms with Crippen LogP contribution < -0.4 is 11.1 Å². The topological polar surface area (TPSA) is 66.7 Å². The second-order valence-corrected chi connectivity index (χ2v) is 4.17. The zero-order valence-corrected chi connectivity index (χ0v) is 10.9. The van der Waals surface area contributed by atoms with Gasteiger partial charge in [0.1, 0.15) is 5.82 Å². The molecule has 1 aromatic heterocycles. The third-order valence-corrected chi connectivity index (χ3v) is 3.27. The van der Waals surface area contributed by atoms with Crippen LogP contribution in [0.3, 0.4) is 0 Å². The maximum absolute atomic E-state index is 14.2. The quantitative estimate of drug-likeness (QED) is 0.801. The van der Waals surface area contributed by atoms with Crippen LogP contribution >= 0.6 is 11.6 Å². The summed E-state index contributed by atoms with van der Waals surface area (Å²) in [6, 6.07) is 0. The van der Waals surface area contributed by atoms with Gasteiger partial charge in [0.15, 0.2) is 0 Å². The van der Waals surface area contributed by atoms with E-state index in [1.54, 1.807) is 13.2 Å². The number of hydrogen-bond acceptors (Lipinski definition) is 3. The van der Waals surface area contributed by atoms with Crippen LogP contribution in [0.15, 0.2) is 12.3 Å². The number of aromatic nitrogens is 2. The Bertz CT molecular complexity index is 618. The SMILES string of the molecule is C/C=C(\NC)c1c(Cl)c(F)c(CN)c2[nH]ncc12. The minimum absolute atomic E-state index is 0.0619. The lowest BCUT2D eigenvalue weighted by atomic mass is 10.0. The van der Waals surface area contributed by atoms with Crippen molar-refractivity contribution in [3.05, 3.63) is 34.2 Å². The van der Waals surface area contributed by atoms with Crippen molar-refractivity contribution < 1.29 is 4.39 Å². The predicted octanol–water partition coefficient (Wildman–Crippen LogP) is 2.39. The minimum atomic E-state index is -0.500. The van der Waals surface area contributed by atoms with E-state index in [0.717, 1.165) is 11.1 Å². The molecule has 2 rings (SSSR count). The van der Waals surface area contributed by atoms with E-state index in [4.69, 9.17) is 17.3 Å². The van der Waals surface area contributed by atoms with Crippen molar-refractivity contribution in [2.45, 2.75) is 13.5 Å². The highest BCUT2D eigenvalue weighted by Crippen LogP contribution is 2.35. The number of hydrogen-bond donors (Lipinski definition) is 3. The first-order chi connectivity index (χ1) is 8.65. The zero-order chi connectivity index (χ0) is 13.3. The van der Waals surface area contributed by atoms with Crippen molar-refractivity contribution in [3.8, 4) is 0 Å². The van der Waals surface area contributed by atoms with Gasteiger partial charge < -0.3 is 11.1 Å². The molecule has 1 heterocycles. The van der Waals surface area contributed by atoms with Crippen LogP contribution in [0.4, 0.5) is 4.39 Å². The number of benzene rings is 1. The summed E-state index contributed by atoms with van der Waals surface area (Å²) < 4.78 is 14.2. The lowest BCUT2D eigenvalue weighted by Crippen LogP contribution is -2.09. The molecule has 6 heteroatoms. The molecule has 18 heavy (non-hydrogen) atoms. The van der Waals surface area contributed by atoms with Gasteiger partial charge >= 0.3 is 0 Å². The monoisotopic (exact) mass is 268 g/mol. The molecule has 96 valence electrons. The maximum atomic E-state index is 14.2. The van der Waals surface area contributed by atoms with Crippen LogP contribution in [0.25, 0.3) is 16.6 Å². The number of allylic oxidation sites excluding steroid dienone is 1. The third-order valence-electron chi connectivity index (χ3n) is 2.92. The predicted molar refractivity (Wildman–Crippen MR) is 71.7 cm³/mol. The van der Waals surface area contributed by atoms with Crippen LogP contribution in [0.2, 0.25) is 5.02 Å². The molecular formula is C12H14ClFN4. The van der Waals surface area contributed by atoms with Crippen LogP contribution in [0, 0.1) is 5.82 Å². The number of fused-ring (bicyclic) bond motifs is 1. The van der Waals surface area contributed by atoms with Gasteiger partial charge in [-0.2, -0.15) is 5.10 Å². The van der Waals surface area contributed by atoms with Crippen molar-refractivity contribution in [2.24, 2.45) is 5.73 Å². The van der Waals surface area contributed by atoms with Crippen molar-refractivity contribution in [2.75, 3.05) is 7.05 Å². The summed E-state index contributed by atoms with van der Waals surface area (Å²) in [5.41, 5.74) is 7.84. The fraction of sp³-hybridized carbons (Fsp3) is 0.250. The molecule has 0 amide bonds. The van der Waals surface area contributed by atoms with E-state index in [1.807, 2.05) is 13.0 Å². The maximum Gasteiger partial charge on any atom is 0.149 e. The Morgan fingerprint density at radius 3 is 2.94 bits per heavy atom. The van der Waals surface area contributed by atoms with Crippen LogP contribution in [-0.4, -0.2) is 17.2 Å². The van der Waals surface area contributed by atoms with Gasteiger partial charge in [-0.25, -0.2) is 4.39 Å². The van der Waals surface area contributed by atoms with Gasteiger partial charge in [-0.15, -0.1) is 0 Å². The summed E-state index contributed by atoms with van der Waals surface area (Å²) in [4.78, 5) is 0. The molecule has 0 aliphatic heterocycles. The standard InChI is InChI=1S/C12H14ClFN4/c1-3-8(16-2)9-7-5-17-18-12(7)6(4-15)11(14)10(9)13/h3,5,16H,4,15H2,1-2H3,(H,17,18)/b8-3-. The summed E-state index contributed by atoms with van der Waals surface area (Å²) in [7, 11) is 1.76. The molecule has 1 aromatic carbocycles. The van der Waals surface area contributed by atoms with Gasteiger partial charge in [0.05, 0.1) is 16.7 Å². The van der Waals surface area contributed by atoms with E-state index in [1.165, 1.54) is 0 Å². The summed E-state index contributed by atoms with van der Waals surface area (Å²) >= 11 is 6.11. The Morgan fingerprint density at radius 1 is 1.67 bits per heavy atom. The molecule has 0 bridgehead atoms. The Labute approximate surface area is 109 Å². The molecule has 0 fully saturated rings. The molecular weight excluding hydrogens is 255 g/mol.